The molecular formula is C32H45ClN2O2. The van der Waals surface area contributed by atoms with Crippen molar-refractivity contribution in [2.45, 2.75) is 64.8 Å². The van der Waals surface area contributed by atoms with Crippen molar-refractivity contribution >= 4 is 17.2 Å². The molecule has 0 bridgehead atoms. The summed E-state index contributed by atoms with van der Waals surface area (Å²) < 4.78 is 11.5. The summed E-state index contributed by atoms with van der Waals surface area (Å²) in [4.78, 5) is 4.99. The molecule has 1 atom stereocenters. The van der Waals surface area contributed by atoms with Crippen LogP contribution in [-0.4, -0.2) is 62.8 Å². The molecule has 2 aromatic rings. The summed E-state index contributed by atoms with van der Waals surface area (Å²) in [5.41, 5.74) is 6.97. The first-order chi connectivity index (χ1) is 18.1. The van der Waals surface area contributed by atoms with Crippen LogP contribution in [-0.2, 0) is 11.2 Å². The van der Waals surface area contributed by atoms with E-state index in [1.807, 2.05) is 6.07 Å². The number of aryl methyl sites for hydroxylation is 1. The van der Waals surface area contributed by atoms with Crippen LogP contribution in [0.15, 0.2) is 48.0 Å². The number of likely N-dealkylation sites (N-methyl/N-ethyl adjacent to an activating group) is 1. The minimum absolute atomic E-state index is 0.276. The molecule has 1 fully saturated rings. The Balaban J connectivity index is 1.31. The second kappa shape index (κ2) is 14.3. The van der Waals surface area contributed by atoms with Gasteiger partial charge in [0, 0.05) is 24.7 Å². The quantitative estimate of drug-likeness (QED) is 0.270. The number of rotatable bonds is 12. The summed E-state index contributed by atoms with van der Waals surface area (Å²) in [6, 6.07) is 15.5. The first kappa shape index (κ1) is 28.2. The maximum atomic E-state index is 6.44. The Bertz CT molecular complexity index is 1010. The van der Waals surface area contributed by atoms with Gasteiger partial charge in [0.2, 0.25) is 0 Å². The molecule has 0 amide bonds. The van der Waals surface area contributed by atoms with E-state index in [0.717, 1.165) is 75.9 Å². The van der Waals surface area contributed by atoms with Gasteiger partial charge in [0.1, 0.15) is 5.75 Å². The van der Waals surface area contributed by atoms with E-state index >= 15 is 0 Å². The van der Waals surface area contributed by atoms with Crippen molar-refractivity contribution in [3.8, 4) is 5.75 Å². The number of morpholine rings is 1. The van der Waals surface area contributed by atoms with Gasteiger partial charge in [-0.2, -0.15) is 0 Å². The zero-order valence-electron chi connectivity index (χ0n) is 23.1. The van der Waals surface area contributed by atoms with Gasteiger partial charge in [0.25, 0.3) is 0 Å². The van der Waals surface area contributed by atoms with Crippen LogP contribution >= 0.6 is 11.6 Å². The minimum Gasteiger partial charge on any atom is -0.494 e. The molecule has 0 N–H and O–H groups in total. The fourth-order valence-electron chi connectivity index (χ4n) is 5.83. The van der Waals surface area contributed by atoms with Crippen LogP contribution in [0, 0.1) is 0 Å². The maximum absolute atomic E-state index is 6.44. The summed E-state index contributed by atoms with van der Waals surface area (Å²) in [7, 11) is 2.24. The van der Waals surface area contributed by atoms with Gasteiger partial charge in [-0.1, -0.05) is 56.0 Å². The molecule has 0 saturated carbocycles. The summed E-state index contributed by atoms with van der Waals surface area (Å²) in [6.45, 7) is 11.5. The molecule has 37 heavy (non-hydrogen) atoms. The summed E-state index contributed by atoms with van der Waals surface area (Å²) in [5, 5.41) is 0.823. The van der Waals surface area contributed by atoms with E-state index in [9.17, 15) is 0 Å². The normalized spacial score (nSPS) is 19.4. The van der Waals surface area contributed by atoms with Gasteiger partial charge >= 0.3 is 0 Å². The molecule has 0 radical (unpaired) electrons. The smallest absolute Gasteiger partial charge is 0.119 e. The molecule has 0 aromatic heterocycles. The number of ether oxygens (including phenoxy) is 2. The zero-order chi connectivity index (χ0) is 26.0. The van der Waals surface area contributed by atoms with Crippen LogP contribution in [0.1, 0.15) is 75.1 Å². The monoisotopic (exact) mass is 524 g/mol. The second-order valence-corrected chi connectivity index (χ2v) is 11.1. The van der Waals surface area contributed by atoms with E-state index in [1.165, 1.54) is 53.6 Å². The highest BCUT2D eigenvalue weighted by molar-refractivity contribution is 6.30. The van der Waals surface area contributed by atoms with Crippen molar-refractivity contribution in [2.24, 2.45) is 0 Å². The first-order valence-corrected chi connectivity index (χ1v) is 14.7. The van der Waals surface area contributed by atoms with Crippen LogP contribution in [0.3, 0.4) is 0 Å². The summed E-state index contributed by atoms with van der Waals surface area (Å²) in [6.07, 6.45) is 8.17. The number of hydrogen-bond acceptors (Lipinski definition) is 4. The van der Waals surface area contributed by atoms with E-state index in [2.05, 4.69) is 67.1 Å². The lowest BCUT2D eigenvalue weighted by atomic mass is 9.84. The van der Waals surface area contributed by atoms with Crippen LogP contribution in [0.4, 0.5) is 0 Å². The molecule has 2 aliphatic heterocycles. The average molecular weight is 525 g/mol. The molecule has 5 heteroatoms. The van der Waals surface area contributed by atoms with Crippen LogP contribution in [0.5, 0.6) is 5.75 Å². The van der Waals surface area contributed by atoms with Crippen molar-refractivity contribution in [2.75, 3.05) is 53.0 Å². The lowest BCUT2D eigenvalue weighted by Crippen LogP contribution is -2.36. The molecule has 2 aromatic carbocycles. The number of hydrogen-bond donors (Lipinski definition) is 0. The fourth-order valence-corrected chi connectivity index (χ4v) is 6.00. The predicted octanol–water partition coefficient (Wildman–Crippen LogP) is 7.41. The molecule has 202 valence electrons. The highest BCUT2D eigenvalue weighted by Gasteiger charge is 2.27. The van der Waals surface area contributed by atoms with Crippen molar-refractivity contribution < 1.29 is 9.47 Å². The van der Waals surface area contributed by atoms with Crippen LogP contribution < -0.4 is 4.74 Å². The van der Waals surface area contributed by atoms with Crippen molar-refractivity contribution in [1.82, 2.24) is 9.80 Å². The lowest BCUT2D eigenvalue weighted by molar-refractivity contribution is 0.0371. The van der Waals surface area contributed by atoms with E-state index in [-0.39, 0.29) is 6.04 Å². The third kappa shape index (κ3) is 7.83. The van der Waals surface area contributed by atoms with Gasteiger partial charge in [-0.3, -0.25) is 9.80 Å². The molecule has 0 aliphatic carbocycles. The Hall–Kier alpha value is -1.85. The topological polar surface area (TPSA) is 24.9 Å². The minimum atomic E-state index is 0.276. The van der Waals surface area contributed by atoms with Gasteiger partial charge in [-0.25, -0.2) is 0 Å². The number of benzene rings is 2. The fraction of sp³-hybridized carbons (Fsp3) is 0.562. The van der Waals surface area contributed by atoms with Crippen LogP contribution in [0.25, 0.3) is 5.57 Å². The first-order valence-electron chi connectivity index (χ1n) is 14.3. The Kier molecular flexibility index (Phi) is 10.9. The standard InChI is InChI=1S/C32H45ClN2O2/c1-4-9-26-10-13-28(33)24-31(26)30-16-18-34(3)32(25(30)2)27-11-14-29(15-12-27)37-21-8-6-5-7-17-35-19-22-36-23-20-35/h10-15,24,32H,4-9,16-23H2,1-3H3. The van der Waals surface area contributed by atoms with Gasteiger partial charge in [0.15, 0.2) is 0 Å². The second-order valence-electron chi connectivity index (χ2n) is 10.6. The van der Waals surface area contributed by atoms with Gasteiger partial charge < -0.3 is 9.47 Å². The molecular weight excluding hydrogens is 480 g/mol. The predicted molar refractivity (Wildman–Crippen MR) is 156 cm³/mol. The van der Waals surface area contributed by atoms with Crippen LogP contribution in [0.2, 0.25) is 5.02 Å². The van der Waals surface area contributed by atoms with Gasteiger partial charge in [-0.05, 0) is 98.3 Å². The number of unbranched alkanes of at least 4 members (excludes halogenated alkanes) is 3. The molecule has 1 saturated heterocycles. The van der Waals surface area contributed by atoms with Crippen molar-refractivity contribution in [3.05, 3.63) is 69.8 Å². The molecule has 1 unspecified atom stereocenters. The lowest BCUT2D eigenvalue weighted by Gasteiger charge is -2.36. The van der Waals surface area contributed by atoms with Crippen molar-refractivity contribution in [3.63, 3.8) is 0 Å². The average Bonchev–Trinajstić information content (AvgIpc) is 2.91. The number of halogens is 1. The zero-order valence-corrected chi connectivity index (χ0v) is 23.9. The van der Waals surface area contributed by atoms with Gasteiger partial charge in [0.05, 0.1) is 25.9 Å². The molecule has 2 heterocycles. The Labute approximate surface area is 229 Å². The highest BCUT2D eigenvalue weighted by Crippen LogP contribution is 2.40. The molecule has 0 spiro atoms. The van der Waals surface area contributed by atoms with Gasteiger partial charge in [-0.15, -0.1) is 0 Å². The SMILES string of the molecule is CCCc1ccc(Cl)cc1C1=C(C)C(c2ccc(OCCCCCCN3CCOCC3)cc2)N(C)CC1. The maximum Gasteiger partial charge on any atom is 0.119 e. The van der Waals surface area contributed by atoms with E-state index in [4.69, 9.17) is 21.1 Å². The third-order valence-corrected chi connectivity index (χ3v) is 8.13. The molecule has 2 aliphatic rings. The Morgan fingerprint density at radius 1 is 0.973 bits per heavy atom. The molecule has 4 rings (SSSR count). The van der Waals surface area contributed by atoms with E-state index < -0.39 is 0 Å². The van der Waals surface area contributed by atoms with E-state index in [0.29, 0.717) is 0 Å². The largest absolute Gasteiger partial charge is 0.494 e. The Morgan fingerprint density at radius 2 is 1.73 bits per heavy atom. The summed E-state index contributed by atoms with van der Waals surface area (Å²) in [5.74, 6) is 0.970. The molecule has 4 nitrogen and oxygen atoms in total. The highest BCUT2D eigenvalue weighted by atomic mass is 35.5. The Morgan fingerprint density at radius 3 is 2.49 bits per heavy atom. The number of nitrogens with zero attached hydrogens (tertiary/aromatic N) is 2. The third-order valence-electron chi connectivity index (χ3n) is 7.89. The summed E-state index contributed by atoms with van der Waals surface area (Å²) >= 11 is 6.44. The van der Waals surface area contributed by atoms with E-state index in [1.54, 1.807) is 0 Å². The van der Waals surface area contributed by atoms with Crippen molar-refractivity contribution in [1.29, 1.82) is 0 Å².